The van der Waals surface area contributed by atoms with Gasteiger partial charge in [-0.3, -0.25) is 24.5 Å². The van der Waals surface area contributed by atoms with Gasteiger partial charge in [-0.2, -0.15) is 0 Å². The third kappa shape index (κ3) is 5.55. The van der Waals surface area contributed by atoms with Crippen LogP contribution in [0.2, 0.25) is 5.02 Å². The Labute approximate surface area is 227 Å². The van der Waals surface area contributed by atoms with Crippen molar-refractivity contribution in [1.82, 2.24) is 15.1 Å². The van der Waals surface area contributed by atoms with Crippen LogP contribution in [0.25, 0.3) is 0 Å². The number of carbonyl (C=O) groups excluding carboxylic acids is 4. The van der Waals surface area contributed by atoms with Crippen molar-refractivity contribution in [3.05, 3.63) is 64.2 Å². The Kier molecular flexibility index (Phi) is 7.98. The fraction of sp³-hybridized carbons (Fsp3) is 0.448. The lowest BCUT2D eigenvalue weighted by Crippen LogP contribution is -2.52. The van der Waals surface area contributed by atoms with Crippen molar-refractivity contribution in [3.8, 4) is 5.75 Å². The normalized spacial score (nSPS) is 21.3. The molecule has 3 aliphatic rings. The average Bonchev–Trinajstić information content (AvgIpc) is 3.25. The summed E-state index contributed by atoms with van der Waals surface area (Å²) in [5, 5.41) is 3.08. The Morgan fingerprint density at radius 3 is 2.71 bits per heavy atom. The number of likely N-dealkylation sites (tertiary alicyclic amines) is 1. The third-order valence-electron chi connectivity index (χ3n) is 7.70. The van der Waals surface area contributed by atoms with Gasteiger partial charge in [-0.1, -0.05) is 35.9 Å². The molecular weight excluding hydrogens is 506 g/mol. The zero-order valence-corrected chi connectivity index (χ0v) is 22.0. The average molecular weight is 538 g/mol. The number of fused-ring (bicyclic) bond motifs is 1. The van der Waals surface area contributed by atoms with Crippen molar-refractivity contribution >= 4 is 35.2 Å². The number of carbonyl (C=O) groups is 4. The highest BCUT2D eigenvalue weighted by Gasteiger charge is 2.40. The zero-order chi connectivity index (χ0) is 26.6. The first-order valence-corrected chi connectivity index (χ1v) is 13.7. The van der Waals surface area contributed by atoms with Crippen molar-refractivity contribution in [2.24, 2.45) is 0 Å². The lowest BCUT2D eigenvalue weighted by molar-refractivity contribution is -0.137. The molecule has 0 saturated carbocycles. The molecule has 8 nitrogen and oxygen atoms in total. The van der Waals surface area contributed by atoms with Crippen LogP contribution in [0.5, 0.6) is 5.75 Å². The predicted octanol–water partition coefficient (Wildman–Crippen LogP) is 4.06. The van der Waals surface area contributed by atoms with Crippen LogP contribution in [0.3, 0.4) is 0 Å². The van der Waals surface area contributed by atoms with E-state index < -0.39 is 11.9 Å². The molecule has 1 N–H and O–H groups in total. The van der Waals surface area contributed by atoms with Gasteiger partial charge in [0.05, 0.1) is 13.2 Å². The predicted molar refractivity (Wildman–Crippen MR) is 142 cm³/mol. The number of ether oxygens (including phenoxy) is 1. The van der Waals surface area contributed by atoms with Gasteiger partial charge in [-0.25, -0.2) is 0 Å². The molecule has 2 aromatic rings. The summed E-state index contributed by atoms with van der Waals surface area (Å²) in [5.74, 6) is 0.0954. The molecule has 2 unspecified atom stereocenters. The summed E-state index contributed by atoms with van der Waals surface area (Å²) in [5.41, 5.74) is 2.41. The van der Waals surface area contributed by atoms with Gasteiger partial charge in [-0.05, 0) is 55.9 Å². The van der Waals surface area contributed by atoms with Gasteiger partial charge in [0.25, 0.3) is 5.91 Å². The minimum atomic E-state index is -0.654. The topological polar surface area (TPSA) is 96.0 Å². The van der Waals surface area contributed by atoms with E-state index in [0.29, 0.717) is 50.1 Å². The van der Waals surface area contributed by atoms with E-state index in [0.717, 1.165) is 35.5 Å². The molecule has 0 radical (unpaired) electrons. The number of benzene rings is 2. The van der Waals surface area contributed by atoms with E-state index in [2.05, 4.69) is 11.4 Å². The number of hydrogen-bond acceptors (Lipinski definition) is 5. The Morgan fingerprint density at radius 2 is 1.89 bits per heavy atom. The monoisotopic (exact) mass is 537 g/mol. The van der Waals surface area contributed by atoms with E-state index in [-0.39, 0.29) is 36.6 Å². The fourth-order valence-corrected chi connectivity index (χ4v) is 5.96. The minimum Gasteiger partial charge on any atom is -0.493 e. The van der Waals surface area contributed by atoms with Crippen LogP contribution in [-0.4, -0.2) is 59.2 Å². The number of imide groups is 1. The first-order chi connectivity index (χ1) is 18.4. The van der Waals surface area contributed by atoms with Crippen molar-refractivity contribution in [3.63, 3.8) is 0 Å². The highest BCUT2D eigenvalue weighted by molar-refractivity contribution is 6.31. The smallest absolute Gasteiger partial charge is 0.255 e. The number of nitrogens with one attached hydrogen (secondary N) is 1. The molecule has 0 aromatic heterocycles. The van der Waals surface area contributed by atoms with Gasteiger partial charge in [0.15, 0.2) is 0 Å². The minimum absolute atomic E-state index is 0.160. The molecule has 3 heterocycles. The Bertz CT molecular complexity index is 1250. The summed E-state index contributed by atoms with van der Waals surface area (Å²) in [4.78, 5) is 53.1. The number of amides is 4. The first-order valence-electron chi connectivity index (χ1n) is 13.3. The second kappa shape index (κ2) is 11.6. The maximum atomic E-state index is 13.0. The third-order valence-corrected chi connectivity index (χ3v) is 8.04. The van der Waals surface area contributed by atoms with E-state index in [1.165, 1.54) is 4.90 Å². The molecular formula is C29H32ClN3O5. The number of unbranched alkanes of at least 4 members (excludes halogenated alkanes) is 1. The summed E-state index contributed by atoms with van der Waals surface area (Å²) in [6, 6.07) is 12.6. The van der Waals surface area contributed by atoms with E-state index in [9.17, 15) is 19.2 Å². The molecule has 5 rings (SSSR count). The molecule has 9 heteroatoms. The highest BCUT2D eigenvalue weighted by atomic mass is 35.5. The number of piperidine rings is 2. The first kappa shape index (κ1) is 26.2. The van der Waals surface area contributed by atoms with Gasteiger partial charge in [0.1, 0.15) is 11.8 Å². The number of rotatable bonds is 8. The van der Waals surface area contributed by atoms with E-state index >= 15 is 0 Å². The van der Waals surface area contributed by atoms with Crippen LogP contribution in [0.15, 0.2) is 42.5 Å². The van der Waals surface area contributed by atoms with Gasteiger partial charge >= 0.3 is 0 Å². The lowest BCUT2D eigenvalue weighted by atomic mass is 9.90. The maximum Gasteiger partial charge on any atom is 0.255 e. The summed E-state index contributed by atoms with van der Waals surface area (Å²) in [6.45, 7) is 2.19. The van der Waals surface area contributed by atoms with Crippen LogP contribution in [0.1, 0.15) is 72.3 Å². The Balaban J connectivity index is 1.10. The Morgan fingerprint density at radius 1 is 1.05 bits per heavy atom. The molecule has 4 amide bonds. The van der Waals surface area contributed by atoms with Crippen molar-refractivity contribution in [1.29, 1.82) is 0 Å². The van der Waals surface area contributed by atoms with Gasteiger partial charge in [-0.15, -0.1) is 0 Å². The highest BCUT2D eigenvalue weighted by Crippen LogP contribution is 2.34. The number of halogens is 1. The molecule has 200 valence electrons. The molecule has 0 aliphatic carbocycles. The quantitative estimate of drug-likeness (QED) is 0.405. The van der Waals surface area contributed by atoms with Crippen molar-refractivity contribution in [2.75, 3.05) is 19.7 Å². The maximum absolute atomic E-state index is 13.0. The SMILES string of the molecule is O=C1CCC(N2Cc3c(OCCCCC(=O)N4CCCC(c5ccccc5Cl)C4)cccc3C2=O)C(=O)N1. The fourth-order valence-electron chi connectivity index (χ4n) is 5.67. The van der Waals surface area contributed by atoms with Crippen LogP contribution in [-0.2, 0) is 20.9 Å². The van der Waals surface area contributed by atoms with Crippen LogP contribution in [0.4, 0.5) is 0 Å². The number of hydrogen-bond donors (Lipinski definition) is 1. The van der Waals surface area contributed by atoms with Gasteiger partial charge in [0.2, 0.25) is 17.7 Å². The molecule has 2 fully saturated rings. The van der Waals surface area contributed by atoms with Crippen LogP contribution >= 0.6 is 11.6 Å². The lowest BCUT2D eigenvalue weighted by Gasteiger charge is -2.33. The standard InChI is InChI=1S/C29H32ClN3O5/c30-23-10-2-1-8-20(23)19-7-6-15-32(17-19)27(35)12-3-4-16-38-25-11-5-9-21-22(25)18-33(29(21)37)24-13-14-26(34)31-28(24)36/h1-2,5,8-11,19,24H,3-4,6-7,12-18H2,(H,31,34,36). The number of nitrogens with zero attached hydrogens (tertiary/aromatic N) is 2. The second-order valence-electron chi connectivity index (χ2n) is 10.2. The van der Waals surface area contributed by atoms with E-state index in [4.69, 9.17) is 16.3 Å². The second-order valence-corrected chi connectivity index (χ2v) is 10.6. The molecule has 0 spiro atoms. The molecule has 2 aromatic carbocycles. The summed E-state index contributed by atoms with van der Waals surface area (Å²) in [7, 11) is 0. The van der Waals surface area contributed by atoms with Crippen LogP contribution in [0, 0.1) is 0 Å². The van der Waals surface area contributed by atoms with Gasteiger partial charge in [0, 0.05) is 48.0 Å². The van der Waals surface area contributed by atoms with E-state index in [1.54, 1.807) is 12.1 Å². The molecule has 3 aliphatic heterocycles. The summed E-state index contributed by atoms with van der Waals surface area (Å²) in [6.07, 6.45) is 4.43. The molecule has 2 atom stereocenters. The molecule has 0 bridgehead atoms. The Hall–Kier alpha value is -3.39. The van der Waals surface area contributed by atoms with Crippen molar-refractivity contribution in [2.45, 2.75) is 63.5 Å². The summed E-state index contributed by atoms with van der Waals surface area (Å²) >= 11 is 6.39. The zero-order valence-electron chi connectivity index (χ0n) is 21.3. The largest absolute Gasteiger partial charge is 0.493 e. The van der Waals surface area contributed by atoms with Crippen molar-refractivity contribution < 1.29 is 23.9 Å². The van der Waals surface area contributed by atoms with Crippen LogP contribution < -0.4 is 10.1 Å². The summed E-state index contributed by atoms with van der Waals surface area (Å²) < 4.78 is 6.02. The van der Waals surface area contributed by atoms with Gasteiger partial charge < -0.3 is 14.5 Å². The molecule has 38 heavy (non-hydrogen) atoms. The molecule has 2 saturated heterocycles. The van der Waals surface area contributed by atoms with E-state index in [1.807, 2.05) is 29.2 Å².